The third-order valence-corrected chi connectivity index (χ3v) is 3.25. The maximum atomic E-state index is 14.2. The highest BCUT2D eigenvalue weighted by molar-refractivity contribution is 5.75. The molecule has 0 amide bonds. The van der Waals surface area contributed by atoms with Crippen LogP contribution in [-0.2, 0) is 0 Å². The SMILES string of the molecule is C=C(/C=C\CC)c1ccc(-c2ccc(C)cc2)cc1F. The van der Waals surface area contributed by atoms with Crippen LogP contribution in [0.4, 0.5) is 4.39 Å². The highest BCUT2D eigenvalue weighted by Gasteiger charge is 2.06. The number of aryl methyl sites for hydroxylation is 1. The minimum Gasteiger partial charge on any atom is -0.206 e. The Hall–Kier alpha value is -2.15. The molecule has 0 heterocycles. The Labute approximate surface area is 120 Å². The molecule has 0 spiro atoms. The van der Waals surface area contributed by atoms with Crippen molar-refractivity contribution < 1.29 is 4.39 Å². The lowest BCUT2D eigenvalue weighted by atomic mass is 9.99. The zero-order valence-corrected chi connectivity index (χ0v) is 12.0. The highest BCUT2D eigenvalue weighted by Crippen LogP contribution is 2.25. The van der Waals surface area contributed by atoms with E-state index < -0.39 is 0 Å². The lowest BCUT2D eigenvalue weighted by molar-refractivity contribution is 0.625. The van der Waals surface area contributed by atoms with Crippen molar-refractivity contribution >= 4 is 5.57 Å². The summed E-state index contributed by atoms with van der Waals surface area (Å²) in [5.41, 5.74) is 4.38. The molecular weight excluding hydrogens is 247 g/mol. The fourth-order valence-electron chi connectivity index (χ4n) is 2.05. The van der Waals surface area contributed by atoms with Gasteiger partial charge in [0, 0.05) is 5.56 Å². The molecule has 0 aliphatic heterocycles. The molecule has 0 fully saturated rings. The van der Waals surface area contributed by atoms with E-state index in [1.807, 2.05) is 56.3 Å². The summed E-state index contributed by atoms with van der Waals surface area (Å²) < 4.78 is 14.2. The fraction of sp³-hybridized carbons (Fsp3) is 0.158. The van der Waals surface area contributed by atoms with Crippen molar-refractivity contribution in [1.29, 1.82) is 0 Å². The van der Waals surface area contributed by atoms with Crippen molar-refractivity contribution in [1.82, 2.24) is 0 Å². The van der Waals surface area contributed by atoms with Gasteiger partial charge in [-0.15, -0.1) is 0 Å². The first kappa shape index (κ1) is 14.3. The summed E-state index contributed by atoms with van der Waals surface area (Å²) in [5, 5.41) is 0. The molecule has 0 radical (unpaired) electrons. The Morgan fingerprint density at radius 3 is 2.35 bits per heavy atom. The minimum absolute atomic E-state index is 0.228. The molecule has 0 N–H and O–H groups in total. The second-order valence-corrected chi connectivity index (χ2v) is 4.90. The van der Waals surface area contributed by atoms with Gasteiger partial charge in [-0.3, -0.25) is 0 Å². The quantitative estimate of drug-likeness (QED) is 0.615. The second-order valence-electron chi connectivity index (χ2n) is 4.90. The van der Waals surface area contributed by atoms with E-state index in [1.54, 1.807) is 12.1 Å². The standard InChI is InChI=1S/C19H19F/c1-4-5-6-15(3)18-12-11-17(13-19(18)20)16-9-7-14(2)8-10-16/h5-13H,3-4H2,1-2H3/b6-5-. The van der Waals surface area contributed by atoms with Gasteiger partial charge in [-0.25, -0.2) is 4.39 Å². The van der Waals surface area contributed by atoms with Crippen LogP contribution in [0.15, 0.2) is 61.2 Å². The van der Waals surface area contributed by atoms with Crippen LogP contribution in [0.1, 0.15) is 24.5 Å². The second kappa shape index (κ2) is 6.33. The molecule has 0 saturated heterocycles. The molecule has 0 aromatic heterocycles. The Morgan fingerprint density at radius 2 is 1.75 bits per heavy atom. The number of hydrogen-bond donors (Lipinski definition) is 0. The monoisotopic (exact) mass is 266 g/mol. The molecule has 0 aliphatic rings. The Morgan fingerprint density at radius 1 is 1.10 bits per heavy atom. The first-order valence-electron chi connectivity index (χ1n) is 6.84. The van der Waals surface area contributed by atoms with E-state index in [9.17, 15) is 4.39 Å². The predicted molar refractivity (Wildman–Crippen MR) is 85.0 cm³/mol. The molecule has 1 heteroatoms. The Kier molecular flexibility index (Phi) is 4.52. The van der Waals surface area contributed by atoms with Crippen molar-refractivity contribution in [2.45, 2.75) is 20.3 Å². The van der Waals surface area contributed by atoms with E-state index in [4.69, 9.17) is 0 Å². The van der Waals surface area contributed by atoms with Crippen molar-refractivity contribution in [2.24, 2.45) is 0 Å². The third kappa shape index (κ3) is 3.24. The van der Waals surface area contributed by atoms with E-state index >= 15 is 0 Å². The van der Waals surface area contributed by atoms with Crippen LogP contribution in [0.5, 0.6) is 0 Å². The van der Waals surface area contributed by atoms with Gasteiger partial charge in [-0.05, 0) is 36.1 Å². The molecule has 102 valence electrons. The molecule has 0 saturated carbocycles. The summed E-state index contributed by atoms with van der Waals surface area (Å²) in [6.07, 6.45) is 4.77. The van der Waals surface area contributed by atoms with Gasteiger partial charge in [-0.2, -0.15) is 0 Å². The van der Waals surface area contributed by atoms with Crippen LogP contribution in [0.2, 0.25) is 0 Å². The lowest BCUT2D eigenvalue weighted by Gasteiger charge is -2.07. The van der Waals surface area contributed by atoms with Gasteiger partial charge >= 0.3 is 0 Å². The van der Waals surface area contributed by atoms with Gasteiger partial charge in [-0.1, -0.05) is 67.6 Å². The van der Waals surface area contributed by atoms with Gasteiger partial charge in [0.1, 0.15) is 5.82 Å². The number of allylic oxidation sites excluding steroid dienone is 3. The smallest absolute Gasteiger partial charge is 0.131 e. The van der Waals surface area contributed by atoms with Gasteiger partial charge in [0.15, 0.2) is 0 Å². The number of benzene rings is 2. The molecular formula is C19H19F. The largest absolute Gasteiger partial charge is 0.206 e. The van der Waals surface area contributed by atoms with Crippen LogP contribution >= 0.6 is 0 Å². The summed E-state index contributed by atoms with van der Waals surface area (Å²) in [5.74, 6) is -0.228. The zero-order chi connectivity index (χ0) is 14.5. The fourth-order valence-corrected chi connectivity index (χ4v) is 2.05. The number of halogens is 1. The van der Waals surface area contributed by atoms with E-state index in [0.717, 1.165) is 17.5 Å². The average molecular weight is 266 g/mol. The average Bonchev–Trinajstić information content (AvgIpc) is 2.45. The summed E-state index contributed by atoms with van der Waals surface area (Å²) in [4.78, 5) is 0. The van der Waals surface area contributed by atoms with E-state index in [2.05, 4.69) is 6.58 Å². The summed E-state index contributed by atoms with van der Waals surface area (Å²) in [6, 6.07) is 13.4. The summed E-state index contributed by atoms with van der Waals surface area (Å²) >= 11 is 0. The first-order chi connectivity index (χ1) is 9.61. The number of rotatable bonds is 4. The maximum absolute atomic E-state index is 14.2. The van der Waals surface area contributed by atoms with Crippen LogP contribution in [-0.4, -0.2) is 0 Å². The van der Waals surface area contributed by atoms with Gasteiger partial charge in [0.2, 0.25) is 0 Å². The molecule has 0 bridgehead atoms. The first-order valence-corrected chi connectivity index (χ1v) is 6.84. The Bertz CT molecular complexity index is 633. The van der Waals surface area contributed by atoms with Crippen LogP contribution in [0.3, 0.4) is 0 Å². The molecule has 2 aromatic rings. The van der Waals surface area contributed by atoms with Crippen LogP contribution < -0.4 is 0 Å². The molecule has 0 nitrogen and oxygen atoms in total. The van der Waals surface area contributed by atoms with Crippen molar-refractivity contribution in [2.75, 3.05) is 0 Å². The highest BCUT2D eigenvalue weighted by atomic mass is 19.1. The van der Waals surface area contributed by atoms with E-state index in [0.29, 0.717) is 11.1 Å². The van der Waals surface area contributed by atoms with Gasteiger partial charge in [0.05, 0.1) is 0 Å². The van der Waals surface area contributed by atoms with Crippen molar-refractivity contribution in [3.05, 3.63) is 78.1 Å². The molecule has 0 atom stereocenters. The van der Waals surface area contributed by atoms with Crippen LogP contribution in [0.25, 0.3) is 16.7 Å². The normalized spacial score (nSPS) is 10.9. The summed E-state index contributed by atoms with van der Waals surface area (Å²) in [6.45, 7) is 7.99. The molecule has 0 aliphatic carbocycles. The molecule has 20 heavy (non-hydrogen) atoms. The molecule has 0 unspecified atom stereocenters. The Balaban J connectivity index is 2.32. The zero-order valence-electron chi connectivity index (χ0n) is 12.0. The lowest BCUT2D eigenvalue weighted by Crippen LogP contribution is -1.88. The van der Waals surface area contributed by atoms with E-state index in [1.165, 1.54) is 5.56 Å². The molecule has 2 rings (SSSR count). The molecule has 2 aromatic carbocycles. The van der Waals surface area contributed by atoms with Gasteiger partial charge < -0.3 is 0 Å². The van der Waals surface area contributed by atoms with Crippen molar-refractivity contribution in [3.63, 3.8) is 0 Å². The summed E-state index contributed by atoms with van der Waals surface area (Å²) in [7, 11) is 0. The third-order valence-electron chi connectivity index (χ3n) is 3.25. The number of hydrogen-bond acceptors (Lipinski definition) is 0. The topological polar surface area (TPSA) is 0 Å². The van der Waals surface area contributed by atoms with Crippen molar-refractivity contribution in [3.8, 4) is 11.1 Å². The minimum atomic E-state index is -0.228. The van der Waals surface area contributed by atoms with Gasteiger partial charge in [0.25, 0.3) is 0 Å². The van der Waals surface area contributed by atoms with Crippen LogP contribution in [0, 0.1) is 12.7 Å². The van der Waals surface area contributed by atoms with E-state index in [-0.39, 0.29) is 5.82 Å². The predicted octanol–water partition coefficient (Wildman–Crippen LogP) is 5.78. The maximum Gasteiger partial charge on any atom is 0.131 e.